The second kappa shape index (κ2) is 44.3. The van der Waals surface area contributed by atoms with Crippen molar-refractivity contribution >= 4 is 5.97 Å². The zero-order valence-corrected chi connectivity index (χ0v) is 34.1. The van der Waals surface area contributed by atoms with Crippen LogP contribution in [0.15, 0.2) is 89.7 Å². The van der Waals surface area contributed by atoms with Gasteiger partial charge in [-0.1, -0.05) is 135 Å². The van der Waals surface area contributed by atoms with Crippen molar-refractivity contribution in [2.24, 2.45) is 0 Å². The molecule has 3 nitrogen and oxygen atoms in total. The number of unbranched alkanes of at least 4 members (excludes halogenated alkanes) is 2. The number of allylic oxidation sites excluding steroid dienone is 8. The number of ether oxygens (including phenoxy) is 1. The lowest BCUT2D eigenvalue weighted by Gasteiger charge is -2.04. The highest BCUT2D eigenvalue weighted by Gasteiger charge is 2.04. The molecule has 1 aromatic heterocycles. The summed E-state index contributed by atoms with van der Waals surface area (Å²) in [6.07, 6.45) is 30.7. The van der Waals surface area contributed by atoms with Gasteiger partial charge in [0, 0.05) is 11.9 Å². The second-order valence-electron chi connectivity index (χ2n) is 10.2. The Kier molecular flexibility index (Phi) is 49.5. The highest BCUT2D eigenvalue weighted by atomic mass is 19.1. The fraction of sp³-hybridized carbons (Fsp3) is 0.511. The highest BCUT2D eigenvalue weighted by molar-refractivity contribution is 5.89. The van der Waals surface area contributed by atoms with Crippen molar-refractivity contribution in [3.05, 3.63) is 112 Å². The zero-order valence-electron chi connectivity index (χ0n) is 34.1. The summed E-state index contributed by atoms with van der Waals surface area (Å²) >= 11 is 0. The van der Waals surface area contributed by atoms with Crippen molar-refractivity contribution in [1.82, 2.24) is 4.98 Å². The van der Waals surface area contributed by atoms with Crippen molar-refractivity contribution in [2.75, 3.05) is 7.11 Å². The van der Waals surface area contributed by atoms with Gasteiger partial charge in [0.25, 0.3) is 0 Å². The Hall–Kier alpha value is -3.71. The first kappa shape index (κ1) is 54.7. The number of esters is 1. The first-order valence-electron chi connectivity index (χ1n) is 18.4. The van der Waals surface area contributed by atoms with Crippen LogP contribution in [0.1, 0.15) is 157 Å². The van der Waals surface area contributed by atoms with Gasteiger partial charge in [0.2, 0.25) is 0 Å². The number of terminal acetylenes is 1. The molecule has 4 heteroatoms. The van der Waals surface area contributed by atoms with Gasteiger partial charge in [-0.25, -0.2) is 9.18 Å². The summed E-state index contributed by atoms with van der Waals surface area (Å²) in [7, 11) is 1.37. The molecule has 0 fully saturated rings. The van der Waals surface area contributed by atoms with Crippen LogP contribution in [-0.2, 0) is 17.6 Å². The number of aryl methyl sites for hydroxylation is 2. The number of carbonyl (C=O) groups excluding carboxylic acids is 1. The van der Waals surface area contributed by atoms with Gasteiger partial charge >= 0.3 is 5.97 Å². The van der Waals surface area contributed by atoms with Crippen LogP contribution in [-0.4, -0.2) is 18.1 Å². The monoisotopic (exact) mass is 680 g/mol. The van der Waals surface area contributed by atoms with Crippen molar-refractivity contribution < 1.29 is 13.9 Å². The van der Waals surface area contributed by atoms with Crippen LogP contribution < -0.4 is 0 Å². The van der Waals surface area contributed by atoms with E-state index in [4.69, 9.17) is 0 Å². The Bertz CT molecular complexity index is 1140. The Morgan fingerprint density at radius 1 is 0.857 bits per heavy atom. The first-order valence-corrected chi connectivity index (χ1v) is 18.4. The molecule has 0 spiro atoms. The molecule has 49 heavy (non-hydrogen) atoms. The van der Waals surface area contributed by atoms with Gasteiger partial charge in [0.1, 0.15) is 5.82 Å². The Balaban J connectivity index is -0.000000170. The van der Waals surface area contributed by atoms with Crippen LogP contribution in [0.25, 0.3) is 0 Å². The van der Waals surface area contributed by atoms with Crippen LogP contribution >= 0.6 is 0 Å². The summed E-state index contributed by atoms with van der Waals surface area (Å²) in [6.45, 7) is 27.3. The molecule has 0 bridgehead atoms. The molecule has 1 aromatic carbocycles. The summed E-state index contributed by atoms with van der Waals surface area (Å²) < 4.78 is 17.0. The molecular formula is C45H74FNO2. The van der Waals surface area contributed by atoms with E-state index in [9.17, 15) is 9.18 Å². The van der Waals surface area contributed by atoms with Crippen LogP contribution in [0.4, 0.5) is 4.39 Å². The predicted octanol–water partition coefficient (Wildman–Crippen LogP) is 14.3. The minimum absolute atomic E-state index is 0.144. The van der Waals surface area contributed by atoms with Gasteiger partial charge in [-0.05, 0) is 102 Å². The van der Waals surface area contributed by atoms with Gasteiger partial charge in [0.15, 0.2) is 0 Å². The van der Waals surface area contributed by atoms with Crippen LogP contribution in [0.5, 0.6) is 0 Å². The van der Waals surface area contributed by atoms with Crippen LogP contribution in [0.2, 0.25) is 0 Å². The summed E-state index contributed by atoms with van der Waals surface area (Å²) in [5, 5.41) is 0. The molecule has 278 valence electrons. The van der Waals surface area contributed by atoms with Crippen LogP contribution in [0, 0.1) is 18.7 Å². The summed E-state index contributed by atoms with van der Waals surface area (Å²) in [5.74, 6) is -0.457. The van der Waals surface area contributed by atoms with Gasteiger partial charge in [-0.15, -0.1) is 12.8 Å². The highest BCUT2D eigenvalue weighted by Crippen LogP contribution is 2.15. The molecule has 2 aromatic rings. The number of rotatable bonds is 12. The van der Waals surface area contributed by atoms with Crippen LogP contribution in [0.3, 0.4) is 0 Å². The van der Waals surface area contributed by atoms with E-state index in [-0.39, 0.29) is 11.8 Å². The van der Waals surface area contributed by atoms with Crippen molar-refractivity contribution in [3.63, 3.8) is 0 Å². The van der Waals surface area contributed by atoms with E-state index in [2.05, 4.69) is 101 Å². The molecule has 0 saturated heterocycles. The number of pyridine rings is 1. The largest absolute Gasteiger partial charge is 0.465 e. The normalized spacial score (nSPS) is 10.3. The summed E-state index contributed by atoms with van der Waals surface area (Å²) in [6, 6.07) is 10.2. The minimum Gasteiger partial charge on any atom is -0.465 e. The third-order valence-corrected chi connectivity index (χ3v) is 6.83. The van der Waals surface area contributed by atoms with E-state index in [1.807, 2.05) is 53.7 Å². The average molecular weight is 680 g/mol. The number of aromatic nitrogens is 1. The SMILES string of the molecule is C#C.C/C=C(\C)CC.C/C=C\C=C/C(CCC)=C(C)CC.CC.CC.CCCCCc1ccc(F)cc1.CCc1cc(C(=O)OC)ccn1. The molecule has 2 rings (SSSR count). The van der Waals surface area contributed by atoms with E-state index in [1.165, 1.54) is 80.1 Å². The lowest BCUT2D eigenvalue weighted by atomic mass is 10.0. The Labute approximate surface area is 304 Å². The Morgan fingerprint density at radius 2 is 1.45 bits per heavy atom. The molecule has 0 aliphatic carbocycles. The molecule has 0 atom stereocenters. The van der Waals surface area contributed by atoms with Gasteiger partial charge in [0.05, 0.1) is 12.7 Å². The van der Waals surface area contributed by atoms with E-state index >= 15 is 0 Å². The quantitative estimate of drug-likeness (QED) is 0.0737. The molecule has 0 N–H and O–H groups in total. The Morgan fingerprint density at radius 3 is 1.86 bits per heavy atom. The first-order chi connectivity index (χ1) is 23.7. The fourth-order valence-electron chi connectivity index (χ4n) is 3.57. The molecule has 0 unspecified atom stereocenters. The average Bonchev–Trinajstić information content (AvgIpc) is 3.17. The molecule has 0 saturated carbocycles. The van der Waals surface area contributed by atoms with E-state index in [1.54, 1.807) is 18.3 Å². The maximum atomic E-state index is 12.5. The minimum atomic E-state index is -0.313. The number of nitrogens with zero attached hydrogens (tertiary/aromatic N) is 1. The van der Waals surface area contributed by atoms with E-state index in [0.29, 0.717) is 5.56 Å². The summed E-state index contributed by atoms with van der Waals surface area (Å²) in [4.78, 5) is 15.1. The molecular weight excluding hydrogens is 605 g/mol. The molecule has 0 aliphatic heterocycles. The van der Waals surface area contributed by atoms with E-state index < -0.39 is 0 Å². The number of methoxy groups -OCH3 is 1. The molecule has 0 aliphatic rings. The molecule has 0 radical (unpaired) electrons. The number of benzene rings is 1. The van der Waals surface area contributed by atoms with Crippen molar-refractivity contribution in [3.8, 4) is 12.8 Å². The van der Waals surface area contributed by atoms with Crippen molar-refractivity contribution in [1.29, 1.82) is 0 Å². The van der Waals surface area contributed by atoms with E-state index in [0.717, 1.165) is 25.0 Å². The zero-order chi connectivity index (χ0) is 38.9. The number of hydrogen-bond donors (Lipinski definition) is 0. The molecule has 1 heterocycles. The number of halogens is 1. The van der Waals surface area contributed by atoms with Gasteiger partial charge in [-0.2, -0.15) is 0 Å². The maximum absolute atomic E-state index is 12.5. The topological polar surface area (TPSA) is 39.2 Å². The molecule has 0 amide bonds. The second-order valence-corrected chi connectivity index (χ2v) is 10.2. The third kappa shape index (κ3) is 35.4. The maximum Gasteiger partial charge on any atom is 0.337 e. The smallest absolute Gasteiger partial charge is 0.337 e. The third-order valence-electron chi connectivity index (χ3n) is 6.83. The van der Waals surface area contributed by atoms with Crippen molar-refractivity contribution in [2.45, 2.75) is 148 Å². The lowest BCUT2D eigenvalue weighted by Crippen LogP contribution is -2.02. The summed E-state index contributed by atoms with van der Waals surface area (Å²) in [5.41, 5.74) is 7.19. The standard InChI is InChI=1S/C13H22.C11H15F.C9H11NO2.C6H12.2C2H6.C2H2/c1-5-8-9-11-13(10-6-2)12(4)7-3;1-2-3-4-5-10-6-8-11(12)9-7-10;1-3-8-6-7(4-5-10-8)9(11)12-2;1-4-6(3)5-2;3*1-2/h5,8-9,11H,6-7,10H2,1-4H3;6-9H,2-5H2,1H3;4-6H,3H2,1-2H3;4H,5H2,1-3H3;2*1-2H3;1-2H/b8-5-,11-9-,13-12?;;;6-4+;;;. The number of carbonyl (C=O) groups is 1. The number of hydrogen-bond acceptors (Lipinski definition) is 3. The van der Waals surface area contributed by atoms with Gasteiger partial charge in [-0.3, -0.25) is 4.98 Å². The predicted molar refractivity (Wildman–Crippen MR) is 219 cm³/mol. The lowest BCUT2D eigenvalue weighted by molar-refractivity contribution is 0.0600. The fourth-order valence-corrected chi connectivity index (χ4v) is 3.57. The van der Waals surface area contributed by atoms with Gasteiger partial charge < -0.3 is 4.74 Å².